The maximum absolute atomic E-state index is 5.99. The minimum atomic E-state index is 0.652. The summed E-state index contributed by atoms with van der Waals surface area (Å²) in [6, 6.07) is 0. The van der Waals surface area contributed by atoms with Crippen molar-refractivity contribution in [2.45, 2.75) is 65.4 Å². The Hall–Kier alpha value is 0.660. The highest BCUT2D eigenvalue weighted by Crippen LogP contribution is 2.59. The summed E-state index contributed by atoms with van der Waals surface area (Å²) < 4.78 is 5.99. The van der Waals surface area contributed by atoms with Gasteiger partial charge in [-0.2, -0.15) is 25.3 Å². The number of thiol groups is 2. The first-order chi connectivity index (χ1) is 9.90. The predicted octanol–water partition coefficient (Wildman–Crippen LogP) is 5.36. The number of fused-ring (bicyclic) bond motifs is 5. The fourth-order valence-corrected chi connectivity index (χ4v) is 4.47. The zero-order valence-corrected chi connectivity index (χ0v) is 15.9. The van der Waals surface area contributed by atoms with Gasteiger partial charge in [0.1, 0.15) is 0 Å². The van der Waals surface area contributed by atoms with Crippen LogP contribution in [0.2, 0.25) is 0 Å². The predicted molar refractivity (Wildman–Crippen MR) is 98.2 cm³/mol. The SMILES string of the molecule is CC.CCCOC1CC2CC1C1CCCC21.CS.CS. The molecule has 0 N–H and O–H groups in total. The Balaban J connectivity index is 0.000000538. The third kappa shape index (κ3) is 4.84. The van der Waals surface area contributed by atoms with Gasteiger partial charge in [0, 0.05) is 6.61 Å². The molecule has 3 rings (SSSR count). The van der Waals surface area contributed by atoms with Crippen molar-refractivity contribution in [3.05, 3.63) is 0 Å². The van der Waals surface area contributed by atoms with E-state index in [1.165, 1.54) is 38.5 Å². The molecular formula is C17H36OS2. The first kappa shape index (κ1) is 20.7. The molecule has 0 aromatic heterocycles. The van der Waals surface area contributed by atoms with Gasteiger partial charge in [-0.3, -0.25) is 0 Å². The van der Waals surface area contributed by atoms with Crippen molar-refractivity contribution in [3.8, 4) is 0 Å². The summed E-state index contributed by atoms with van der Waals surface area (Å²) >= 11 is 7.06. The van der Waals surface area contributed by atoms with Crippen LogP contribution in [-0.2, 0) is 4.74 Å². The van der Waals surface area contributed by atoms with Crippen LogP contribution in [0, 0.1) is 23.7 Å². The zero-order chi connectivity index (χ0) is 15.5. The first-order valence-electron chi connectivity index (χ1n) is 8.41. The molecule has 0 aliphatic heterocycles. The van der Waals surface area contributed by atoms with Crippen molar-refractivity contribution in [1.82, 2.24) is 0 Å². The summed E-state index contributed by atoms with van der Waals surface area (Å²) in [5.74, 6) is 4.19. The Bertz CT molecular complexity index is 223. The molecule has 3 aliphatic carbocycles. The number of hydrogen-bond donors (Lipinski definition) is 2. The second kappa shape index (κ2) is 12.2. The third-order valence-electron chi connectivity index (χ3n) is 4.90. The third-order valence-corrected chi connectivity index (χ3v) is 4.90. The van der Waals surface area contributed by atoms with E-state index in [2.05, 4.69) is 32.2 Å². The average Bonchev–Trinajstić information content (AvgIpc) is 3.24. The Morgan fingerprint density at radius 3 is 2.10 bits per heavy atom. The minimum absolute atomic E-state index is 0.652. The van der Waals surface area contributed by atoms with Gasteiger partial charge in [-0.15, -0.1) is 0 Å². The molecule has 0 heterocycles. The van der Waals surface area contributed by atoms with E-state index in [0.29, 0.717) is 6.10 Å². The summed E-state index contributed by atoms with van der Waals surface area (Å²) in [5, 5.41) is 0. The van der Waals surface area contributed by atoms with Gasteiger partial charge in [0.15, 0.2) is 0 Å². The average molecular weight is 321 g/mol. The second-order valence-corrected chi connectivity index (χ2v) is 5.56. The van der Waals surface area contributed by atoms with Crippen LogP contribution in [0.1, 0.15) is 59.3 Å². The van der Waals surface area contributed by atoms with Gasteiger partial charge in [0.05, 0.1) is 6.10 Å². The molecule has 0 spiro atoms. The number of rotatable bonds is 3. The van der Waals surface area contributed by atoms with Gasteiger partial charge in [-0.1, -0.05) is 27.2 Å². The molecule has 3 aliphatic rings. The topological polar surface area (TPSA) is 9.23 Å². The normalized spacial score (nSPS) is 35.9. The summed E-state index contributed by atoms with van der Waals surface area (Å²) in [6.45, 7) is 7.21. The van der Waals surface area contributed by atoms with E-state index in [0.717, 1.165) is 30.3 Å². The first-order valence-corrected chi connectivity index (χ1v) is 10.2. The fraction of sp³-hybridized carbons (Fsp3) is 1.00. The van der Waals surface area contributed by atoms with Crippen molar-refractivity contribution in [1.29, 1.82) is 0 Å². The Morgan fingerprint density at radius 2 is 1.50 bits per heavy atom. The van der Waals surface area contributed by atoms with E-state index in [1.54, 1.807) is 12.5 Å². The highest BCUT2D eigenvalue weighted by Gasteiger charge is 2.54. The molecule has 0 aromatic carbocycles. The quantitative estimate of drug-likeness (QED) is 0.666. The monoisotopic (exact) mass is 320 g/mol. The smallest absolute Gasteiger partial charge is 0.0608 e. The van der Waals surface area contributed by atoms with Crippen LogP contribution in [0.25, 0.3) is 0 Å². The number of ether oxygens (including phenoxy) is 1. The van der Waals surface area contributed by atoms with Crippen molar-refractivity contribution in [3.63, 3.8) is 0 Å². The Morgan fingerprint density at radius 1 is 0.900 bits per heavy atom. The van der Waals surface area contributed by atoms with E-state index in [9.17, 15) is 0 Å². The molecule has 1 nitrogen and oxygen atoms in total. The molecule has 0 radical (unpaired) electrons. The molecule has 3 fully saturated rings. The lowest BCUT2D eigenvalue weighted by Gasteiger charge is -2.31. The molecular weight excluding hydrogens is 284 g/mol. The van der Waals surface area contributed by atoms with E-state index >= 15 is 0 Å². The van der Waals surface area contributed by atoms with E-state index in [4.69, 9.17) is 4.74 Å². The van der Waals surface area contributed by atoms with E-state index in [1.807, 2.05) is 13.8 Å². The summed E-state index contributed by atoms with van der Waals surface area (Å²) in [4.78, 5) is 0. The van der Waals surface area contributed by atoms with Crippen LogP contribution >= 0.6 is 25.3 Å². The van der Waals surface area contributed by atoms with Crippen molar-refractivity contribution in [2.75, 3.05) is 19.1 Å². The molecule has 5 atom stereocenters. The summed E-state index contributed by atoms with van der Waals surface area (Å²) in [6.07, 6.45) is 12.7. The highest BCUT2D eigenvalue weighted by molar-refractivity contribution is 7.79. The number of hydrogen-bond acceptors (Lipinski definition) is 3. The van der Waals surface area contributed by atoms with Crippen LogP contribution in [-0.4, -0.2) is 25.2 Å². The van der Waals surface area contributed by atoms with Crippen molar-refractivity contribution >= 4 is 25.3 Å². The Labute approximate surface area is 138 Å². The van der Waals surface area contributed by atoms with Gasteiger partial charge in [-0.05, 0) is 68.3 Å². The van der Waals surface area contributed by atoms with Crippen LogP contribution in [0.15, 0.2) is 0 Å². The molecule has 5 unspecified atom stereocenters. The van der Waals surface area contributed by atoms with Crippen molar-refractivity contribution in [2.24, 2.45) is 23.7 Å². The zero-order valence-electron chi connectivity index (χ0n) is 14.1. The maximum atomic E-state index is 5.99. The van der Waals surface area contributed by atoms with Gasteiger partial charge in [0.25, 0.3) is 0 Å². The molecule has 20 heavy (non-hydrogen) atoms. The molecule has 3 saturated carbocycles. The lowest BCUT2D eigenvalue weighted by molar-refractivity contribution is -0.00985. The lowest BCUT2D eigenvalue weighted by atomic mass is 9.80. The second-order valence-electron chi connectivity index (χ2n) is 5.56. The van der Waals surface area contributed by atoms with E-state index in [-0.39, 0.29) is 0 Å². The highest BCUT2D eigenvalue weighted by atomic mass is 32.1. The molecule has 3 heteroatoms. The van der Waals surface area contributed by atoms with Crippen LogP contribution in [0.5, 0.6) is 0 Å². The van der Waals surface area contributed by atoms with Gasteiger partial charge >= 0.3 is 0 Å². The fourth-order valence-electron chi connectivity index (χ4n) is 4.47. The van der Waals surface area contributed by atoms with Gasteiger partial charge in [0.2, 0.25) is 0 Å². The minimum Gasteiger partial charge on any atom is -0.378 e. The van der Waals surface area contributed by atoms with Crippen LogP contribution < -0.4 is 0 Å². The lowest BCUT2D eigenvalue weighted by Crippen LogP contribution is -2.30. The van der Waals surface area contributed by atoms with Crippen molar-refractivity contribution < 1.29 is 4.74 Å². The standard InChI is InChI=1S/C13H22O.C2H6.2CH4S/c1-2-6-14-13-8-9-7-12(13)11-5-3-4-10(9)11;3*1-2/h9-13H,2-8H2,1H3;1-2H3;2*2H,1H3. The molecule has 0 aromatic rings. The van der Waals surface area contributed by atoms with Crippen LogP contribution in [0.3, 0.4) is 0 Å². The van der Waals surface area contributed by atoms with Gasteiger partial charge in [-0.25, -0.2) is 0 Å². The summed E-state index contributed by atoms with van der Waals surface area (Å²) in [7, 11) is 0. The molecule has 0 amide bonds. The Kier molecular flexibility index (Phi) is 12.6. The molecule has 2 bridgehead atoms. The maximum Gasteiger partial charge on any atom is 0.0608 e. The molecule has 122 valence electrons. The van der Waals surface area contributed by atoms with Gasteiger partial charge < -0.3 is 4.74 Å². The summed E-state index contributed by atoms with van der Waals surface area (Å²) in [5.41, 5.74) is 0. The van der Waals surface area contributed by atoms with E-state index < -0.39 is 0 Å². The van der Waals surface area contributed by atoms with Crippen LogP contribution in [0.4, 0.5) is 0 Å². The molecule has 0 saturated heterocycles. The largest absolute Gasteiger partial charge is 0.378 e.